The van der Waals surface area contributed by atoms with Gasteiger partial charge in [-0.25, -0.2) is 9.59 Å². The van der Waals surface area contributed by atoms with E-state index in [0.717, 1.165) is 25.3 Å². The summed E-state index contributed by atoms with van der Waals surface area (Å²) < 4.78 is 32.5. The number of benzene rings is 1. The highest BCUT2D eigenvalue weighted by Crippen LogP contribution is 2.23. The Balaban J connectivity index is 3.21. The van der Waals surface area contributed by atoms with Gasteiger partial charge in [-0.05, 0) is 18.2 Å². The minimum absolute atomic E-state index is 0.230. The van der Waals surface area contributed by atoms with Crippen molar-refractivity contribution in [3.63, 3.8) is 0 Å². The second-order valence-corrected chi connectivity index (χ2v) is 2.89. The van der Waals surface area contributed by atoms with E-state index in [-0.39, 0.29) is 11.1 Å². The molecule has 0 saturated heterocycles. The predicted molar refractivity (Wildman–Crippen MR) is 51.4 cm³/mol. The number of carbonyl (C=O) groups excluding carboxylic acids is 1. The Kier molecular flexibility index (Phi) is 3.97. The van der Waals surface area contributed by atoms with Gasteiger partial charge in [0.25, 0.3) is 0 Å². The molecular weight excluding hydrogens is 238 g/mol. The van der Waals surface area contributed by atoms with Gasteiger partial charge < -0.3 is 14.6 Å². The van der Waals surface area contributed by atoms with Gasteiger partial charge >= 0.3 is 18.6 Å². The van der Waals surface area contributed by atoms with Crippen molar-refractivity contribution < 1.29 is 33.0 Å². The molecule has 5 nitrogen and oxygen atoms in total. The zero-order valence-electron chi connectivity index (χ0n) is 8.65. The van der Waals surface area contributed by atoms with E-state index in [4.69, 9.17) is 5.11 Å². The molecule has 0 aliphatic carbocycles. The van der Waals surface area contributed by atoms with E-state index in [9.17, 15) is 18.4 Å². The number of carbonyl (C=O) groups is 2. The molecule has 0 atom stereocenters. The second kappa shape index (κ2) is 5.24. The zero-order valence-corrected chi connectivity index (χ0v) is 8.65. The first-order chi connectivity index (χ1) is 7.95. The van der Waals surface area contributed by atoms with Gasteiger partial charge in [0.1, 0.15) is 11.3 Å². The van der Waals surface area contributed by atoms with Crippen LogP contribution in [0, 0.1) is 0 Å². The number of halogens is 2. The first kappa shape index (κ1) is 12.9. The van der Waals surface area contributed by atoms with Crippen molar-refractivity contribution in [3.05, 3.63) is 29.3 Å². The van der Waals surface area contributed by atoms with Crippen molar-refractivity contribution in [1.82, 2.24) is 0 Å². The summed E-state index contributed by atoms with van der Waals surface area (Å²) in [7, 11) is 1.04. The van der Waals surface area contributed by atoms with Crippen molar-refractivity contribution in [2.75, 3.05) is 7.11 Å². The maximum absolute atomic E-state index is 12.0. The molecule has 0 amide bonds. The molecule has 0 unspecified atom stereocenters. The summed E-state index contributed by atoms with van der Waals surface area (Å²) in [4.78, 5) is 21.9. The molecular formula is C10H8F2O5. The number of hydrogen-bond donors (Lipinski definition) is 1. The normalized spacial score (nSPS) is 10.1. The molecule has 0 aliphatic heterocycles. The Labute approximate surface area is 94.6 Å². The second-order valence-electron chi connectivity index (χ2n) is 2.89. The van der Waals surface area contributed by atoms with Gasteiger partial charge in [0.2, 0.25) is 0 Å². The summed E-state index contributed by atoms with van der Waals surface area (Å²) in [6.07, 6.45) is 0. The van der Waals surface area contributed by atoms with E-state index in [1.54, 1.807) is 0 Å². The third-order valence-corrected chi connectivity index (χ3v) is 1.85. The van der Waals surface area contributed by atoms with Crippen LogP contribution in [0.5, 0.6) is 5.75 Å². The third-order valence-electron chi connectivity index (χ3n) is 1.85. The summed E-state index contributed by atoms with van der Waals surface area (Å²) >= 11 is 0. The Morgan fingerprint density at radius 3 is 2.47 bits per heavy atom. The highest BCUT2D eigenvalue weighted by Gasteiger charge is 2.18. The van der Waals surface area contributed by atoms with Crippen LogP contribution in [0.2, 0.25) is 0 Å². The van der Waals surface area contributed by atoms with Crippen molar-refractivity contribution in [2.45, 2.75) is 6.61 Å². The maximum atomic E-state index is 12.0. The highest BCUT2D eigenvalue weighted by molar-refractivity contribution is 5.96. The van der Waals surface area contributed by atoms with Crippen LogP contribution in [0.1, 0.15) is 20.7 Å². The van der Waals surface area contributed by atoms with Crippen LogP contribution in [0.25, 0.3) is 0 Å². The number of esters is 1. The van der Waals surface area contributed by atoms with Crippen LogP contribution in [-0.2, 0) is 4.74 Å². The number of aromatic carboxylic acids is 1. The van der Waals surface area contributed by atoms with Crippen LogP contribution >= 0.6 is 0 Å². The molecule has 1 rings (SSSR count). The monoisotopic (exact) mass is 246 g/mol. The van der Waals surface area contributed by atoms with E-state index in [1.165, 1.54) is 0 Å². The number of carboxylic acids is 1. The van der Waals surface area contributed by atoms with Gasteiger partial charge in [-0.1, -0.05) is 0 Å². The zero-order chi connectivity index (χ0) is 13.0. The van der Waals surface area contributed by atoms with Crippen molar-refractivity contribution in [2.24, 2.45) is 0 Å². The number of rotatable bonds is 4. The van der Waals surface area contributed by atoms with E-state index >= 15 is 0 Å². The number of alkyl halides is 2. The van der Waals surface area contributed by atoms with Crippen LogP contribution in [-0.4, -0.2) is 30.8 Å². The van der Waals surface area contributed by atoms with Crippen molar-refractivity contribution in [3.8, 4) is 5.75 Å². The molecule has 0 radical (unpaired) electrons. The minimum Gasteiger partial charge on any atom is -0.478 e. The van der Waals surface area contributed by atoms with Gasteiger partial charge in [-0.2, -0.15) is 8.78 Å². The van der Waals surface area contributed by atoms with Crippen LogP contribution in [0.3, 0.4) is 0 Å². The lowest BCUT2D eigenvalue weighted by molar-refractivity contribution is -0.0504. The molecule has 17 heavy (non-hydrogen) atoms. The number of ether oxygens (including phenoxy) is 2. The number of carboxylic acid groups (broad SMARTS) is 1. The molecule has 0 fully saturated rings. The van der Waals surface area contributed by atoms with Crippen molar-refractivity contribution in [1.29, 1.82) is 0 Å². The van der Waals surface area contributed by atoms with Crippen LogP contribution in [0.15, 0.2) is 18.2 Å². The summed E-state index contributed by atoms with van der Waals surface area (Å²) in [6.45, 7) is -3.12. The van der Waals surface area contributed by atoms with E-state index in [0.29, 0.717) is 0 Å². The molecule has 92 valence electrons. The third kappa shape index (κ3) is 3.13. The molecule has 1 N–H and O–H groups in total. The molecule has 0 aliphatic rings. The first-order valence-electron chi connectivity index (χ1n) is 4.36. The summed E-state index contributed by atoms with van der Waals surface area (Å²) in [6, 6.07) is 2.93. The van der Waals surface area contributed by atoms with Gasteiger partial charge in [-0.15, -0.1) is 0 Å². The van der Waals surface area contributed by atoms with Gasteiger partial charge in [-0.3, -0.25) is 0 Å². The van der Waals surface area contributed by atoms with E-state index in [1.807, 2.05) is 0 Å². The summed E-state index contributed by atoms with van der Waals surface area (Å²) in [5.41, 5.74) is -0.597. The van der Waals surface area contributed by atoms with E-state index < -0.39 is 24.3 Å². The summed E-state index contributed by atoms with van der Waals surface area (Å²) in [5.74, 6) is -2.68. The smallest absolute Gasteiger partial charge is 0.387 e. The SMILES string of the molecule is COC(=O)c1cc(C(=O)O)ccc1OC(F)F. The fraction of sp³-hybridized carbons (Fsp3) is 0.200. The molecule has 0 spiro atoms. The molecule has 1 aromatic carbocycles. The van der Waals surface area contributed by atoms with E-state index in [2.05, 4.69) is 9.47 Å². The average Bonchev–Trinajstić information content (AvgIpc) is 2.27. The Hall–Kier alpha value is -2.18. The standard InChI is InChI=1S/C10H8F2O5/c1-16-9(15)6-4-5(8(13)14)2-3-7(6)17-10(11)12/h2-4,10H,1H3,(H,13,14). The number of methoxy groups -OCH3 is 1. The van der Waals surface area contributed by atoms with Crippen LogP contribution in [0.4, 0.5) is 8.78 Å². The van der Waals surface area contributed by atoms with Gasteiger partial charge in [0.05, 0.1) is 12.7 Å². The first-order valence-corrected chi connectivity index (χ1v) is 4.36. The fourth-order valence-corrected chi connectivity index (χ4v) is 1.13. The minimum atomic E-state index is -3.12. The van der Waals surface area contributed by atoms with Gasteiger partial charge in [0, 0.05) is 0 Å². The molecule has 0 heterocycles. The Morgan fingerprint density at radius 1 is 1.35 bits per heavy atom. The number of hydrogen-bond acceptors (Lipinski definition) is 4. The lowest BCUT2D eigenvalue weighted by atomic mass is 10.1. The quantitative estimate of drug-likeness (QED) is 0.819. The molecule has 7 heteroatoms. The molecule has 0 aromatic heterocycles. The predicted octanol–water partition coefficient (Wildman–Crippen LogP) is 1.77. The lowest BCUT2D eigenvalue weighted by Crippen LogP contribution is -2.10. The van der Waals surface area contributed by atoms with Crippen LogP contribution < -0.4 is 4.74 Å². The Bertz CT molecular complexity index is 444. The maximum Gasteiger partial charge on any atom is 0.387 e. The highest BCUT2D eigenvalue weighted by atomic mass is 19.3. The molecule has 0 saturated carbocycles. The largest absolute Gasteiger partial charge is 0.478 e. The average molecular weight is 246 g/mol. The lowest BCUT2D eigenvalue weighted by Gasteiger charge is -2.09. The topological polar surface area (TPSA) is 72.8 Å². The van der Waals surface area contributed by atoms with Gasteiger partial charge in [0.15, 0.2) is 0 Å². The fourth-order valence-electron chi connectivity index (χ4n) is 1.13. The molecule has 1 aromatic rings. The molecule has 0 bridgehead atoms. The van der Waals surface area contributed by atoms with Crippen molar-refractivity contribution >= 4 is 11.9 Å². The Morgan fingerprint density at radius 2 is 2.00 bits per heavy atom. The summed E-state index contributed by atoms with van der Waals surface area (Å²) in [5, 5.41) is 8.70.